The lowest BCUT2D eigenvalue weighted by molar-refractivity contribution is 0.173. The molecule has 2 aromatic carbocycles. The lowest BCUT2D eigenvalue weighted by atomic mass is 9.89. The summed E-state index contributed by atoms with van der Waals surface area (Å²) in [5.41, 5.74) is 3.14. The van der Waals surface area contributed by atoms with Crippen molar-refractivity contribution in [3.8, 4) is 0 Å². The number of hydrogen-bond acceptors (Lipinski definition) is 2. The second-order valence-corrected chi connectivity index (χ2v) is 5.14. The first-order valence-corrected chi connectivity index (χ1v) is 6.61. The summed E-state index contributed by atoms with van der Waals surface area (Å²) in [5, 5.41) is 13.2. The summed E-state index contributed by atoms with van der Waals surface area (Å²) in [4.78, 5) is 0. The number of benzene rings is 2. The Balaban J connectivity index is 2.17. The quantitative estimate of drug-likeness (QED) is 0.861. The molecule has 0 saturated carbocycles. The van der Waals surface area contributed by atoms with Gasteiger partial charge in [-0.05, 0) is 30.5 Å². The fourth-order valence-corrected chi connectivity index (χ4v) is 2.32. The zero-order valence-electron chi connectivity index (χ0n) is 11.6. The smallest absolute Gasteiger partial charge is 0.0652 e. The van der Waals surface area contributed by atoms with Gasteiger partial charge in [-0.3, -0.25) is 0 Å². The van der Waals surface area contributed by atoms with Gasteiger partial charge in [-0.2, -0.15) is 0 Å². The summed E-state index contributed by atoms with van der Waals surface area (Å²) in [7, 11) is 0. The van der Waals surface area contributed by atoms with Gasteiger partial charge in [0.05, 0.1) is 12.1 Å². The van der Waals surface area contributed by atoms with Crippen molar-refractivity contribution in [1.82, 2.24) is 5.32 Å². The van der Waals surface area contributed by atoms with Gasteiger partial charge >= 0.3 is 0 Å². The van der Waals surface area contributed by atoms with Crippen LogP contribution in [0.2, 0.25) is 0 Å². The van der Waals surface area contributed by atoms with Crippen LogP contribution in [0.4, 0.5) is 0 Å². The van der Waals surface area contributed by atoms with Gasteiger partial charge in [0.1, 0.15) is 0 Å². The molecule has 0 radical (unpaired) electrons. The van der Waals surface area contributed by atoms with Crippen molar-refractivity contribution in [3.63, 3.8) is 0 Å². The summed E-state index contributed by atoms with van der Waals surface area (Å²) in [6.07, 6.45) is 0. The molecular formula is C17H21NO. The van der Waals surface area contributed by atoms with Gasteiger partial charge in [-0.15, -0.1) is 0 Å². The number of aliphatic hydroxyl groups is 1. The van der Waals surface area contributed by atoms with Crippen LogP contribution in [-0.4, -0.2) is 11.7 Å². The number of rotatable bonds is 5. The molecule has 0 aliphatic heterocycles. The van der Waals surface area contributed by atoms with Crippen molar-refractivity contribution < 1.29 is 5.11 Å². The number of aliphatic hydroxyl groups excluding tert-OH is 1. The minimum Gasteiger partial charge on any atom is -0.394 e. The van der Waals surface area contributed by atoms with E-state index in [0.717, 1.165) is 12.1 Å². The summed E-state index contributed by atoms with van der Waals surface area (Å²) in [5.74, 6) is 0. The van der Waals surface area contributed by atoms with E-state index in [1.807, 2.05) is 37.3 Å². The third-order valence-electron chi connectivity index (χ3n) is 3.58. The number of nitrogens with one attached hydrogen (secondary N) is 1. The maximum absolute atomic E-state index is 9.78. The molecule has 1 unspecified atom stereocenters. The van der Waals surface area contributed by atoms with E-state index in [9.17, 15) is 5.11 Å². The minimum atomic E-state index is -0.415. The Morgan fingerprint density at radius 2 is 1.63 bits per heavy atom. The topological polar surface area (TPSA) is 32.3 Å². The van der Waals surface area contributed by atoms with Crippen molar-refractivity contribution in [2.24, 2.45) is 0 Å². The predicted molar refractivity (Wildman–Crippen MR) is 78.9 cm³/mol. The Morgan fingerprint density at radius 1 is 1.00 bits per heavy atom. The zero-order valence-corrected chi connectivity index (χ0v) is 11.6. The first-order chi connectivity index (χ1) is 9.15. The Hall–Kier alpha value is -1.64. The van der Waals surface area contributed by atoms with Crippen LogP contribution in [0.3, 0.4) is 0 Å². The summed E-state index contributed by atoms with van der Waals surface area (Å²) in [6, 6.07) is 18.4. The summed E-state index contributed by atoms with van der Waals surface area (Å²) in [6.45, 7) is 4.93. The highest BCUT2D eigenvalue weighted by Crippen LogP contribution is 2.24. The molecule has 0 saturated heterocycles. The molecule has 1 atom stereocenters. The Morgan fingerprint density at radius 3 is 2.26 bits per heavy atom. The lowest BCUT2D eigenvalue weighted by Gasteiger charge is -2.31. The van der Waals surface area contributed by atoms with Crippen molar-refractivity contribution >= 4 is 0 Å². The molecule has 0 aromatic heterocycles. The molecule has 2 aromatic rings. The van der Waals surface area contributed by atoms with Crippen LogP contribution >= 0.6 is 0 Å². The standard InChI is InChI=1S/C17H21NO/c1-14-8-6-7-11-16(14)17(2,13-19)18-12-15-9-4-3-5-10-15/h3-11,18-19H,12-13H2,1-2H3. The maximum Gasteiger partial charge on any atom is 0.0652 e. The highest BCUT2D eigenvalue weighted by molar-refractivity contribution is 5.32. The van der Waals surface area contributed by atoms with E-state index in [0.29, 0.717) is 0 Å². The SMILES string of the molecule is Cc1ccccc1C(C)(CO)NCc1ccccc1. The molecule has 100 valence electrons. The van der Waals surface area contributed by atoms with Crippen LogP contribution < -0.4 is 5.32 Å². The molecule has 2 heteroatoms. The van der Waals surface area contributed by atoms with E-state index in [-0.39, 0.29) is 6.61 Å². The van der Waals surface area contributed by atoms with Gasteiger partial charge in [0.25, 0.3) is 0 Å². The van der Waals surface area contributed by atoms with Crippen LogP contribution in [0.15, 0.2) is 54.6 Å². The average Bonchev–Trinajstić information content (AvgIpc) is 2.46. The van der Waals surface area contributed by atoms with Crippen LogP contribution in [-0.2, 0) is 12.1 Å². The van der Waals surface area contributed by atoms with Gasteiger partial charge in [0, 0.05) is 6.54 Å². The second kappa shape index (κ2) is 6.00. The van der Waals surface area contributed by atoms with Crippen molar-refractivity contribution in [3.05, 3.63) is 71.3 Å². The van der Waals surface area contributed by atoms with Crippen LogP contribution in [0, 0.1) is 6.92 Å². The van der Waals surface area contributed by atoms with E-state index in [1.54, 1.807) is 0 Å². The lowest BCUT2D eigenvalue weighted by Crippen LogP contribution is -2.43. The van der Waals surface area contributed by atoms with E-state index in [1.165, 1.54) is 11.1 Å². The van der Waals surface area contributed by atoms with E-state index >= 15 is 0 Å². The molecule has 2 rings (SSSR count). The van der Waals surface area contributed by atoms with Gasteiger partial charge in [-0.25, -0.2) is 0 Å². The molecule has 0 spiro atoms. The van der Waals surface area contributed by atoms with Crippen LogP contribution in [0.25, 0.3) is 0 Å². The first kappa shape index (κ1) is 13.8. The third-order valence-corrected chi connectivity index (χ3v) is 3.58. The van der Waals surface area contributed by atoms with E-state index in [4.69, 9.17) is 0 Å². The van der Waals surface area contributed by atoms with Gasteiger partial charge < -0.3 is 10.4 Å². The fraction of sp³-hybridized carbons (Fsp3) is 0.294. The number of aryl methyl sites for hydroxylation is 1. The Kier molecular flexibility index (Phi) is 4.35. The van der Waals surface area contributed by atoms with E-state index in [2.05, 4.69) is 36.5 Å². The molecule has 0 fully saturated rings. The van der Waals surface area contributed by atoms with Crippen molar-refractivity contribution in [2.75, 3.05) is 6.61 Å². The first-order valence-electron chi connectivity index (χ1n) is 6.61. The largest absolute Gasteiger partial charge is 0.394 e. The van der Waals surface area contributed by atoms with Crippen LogP contribution in [0.5, 0.6) is 0 Å². The molecule has 19 heavy (non-hydrogen) atoms. The normalized spacial score (nSPS) is 14.1. The summed E-state index contributed by atoms with van der Waals surface area (Å²) >= 11 is 0. The fourth-order valence-electron chi connectivity index (χ4n) is 2.32. The molecule has 0 aliphatic carbocycles. The average molecular weight is 255 g/mol. The van der Waals surface area contributed by atoms with Gasteiger partial charge in [0.15, 0.2) is 0 Å². The third kappa shape index (κ3) is 3.22. The monoisotopic (exact) mass is 255 g/mol. The van der Waals surface area contributed by atoms with E-state index < -0.39 is 5.54 Å². The highest BCUT2D eigenvalue weighted by atomic mass is 16.3. The zero-order chi connectivity index (χ0) is 13.7. The maximum atomic E-state index is 9.78. The summed E-state index contributed by atoms with van der Waals surface area (Å²) < 4.78 is 0. The number of hydrogen-bond donors (Lipinski definition) is 2. The van der Waals surface area contributed by atoms with Crippen molar-refractivity contribution in [1.29, 1.82) is 0 Å². The van der Waals surface area contributed by atoms with Gasteiger partial charge in [0.2, 0.25) is 0 Å². The predicted octanol–water partition coefficient (Wildman–Crippen LogP) is 2.99. The minimum absolute atomic E-state index is 0.0741. The Labute approximate surface area is 115 Å². The second-order valence-electron chi connectivity index (χ2n) is 5.14. The highest BCUT2D eigenvalue weighted by Gasteiger charge is 2.26. The molecule has 2 N–H and O–H groups in total. The molecule has 0 heterocycles. The Bertz CT molecular complexity index is 524. The van der Waals surface area contributed by atoms with Crippen molar-refractivity contribution in [2.45, 2.75) is 25.9 Å². The molecular weight excluding hydrogens is 234 g/mol. The van der Waals surface area contributed by atoms with Gasteiger partial charge in [-0.1, -0.05) is 54.6 Å². The molecule has 0 amide bonds. The van der Waals surface area contributed by atoms with Crippen LogP contribution in [0.1, 0.15) is 23.6 Å². The molecule has 0 aliphatic rings. The molecule has 2 nitrogen and oxygen atoms in total. The molecule has 0 bridgehead atoms.